The van der Waals surface area contributed by atoms with E-state index in [1.165, 1.54) is 36.3 Å². The van der Waals surface area contributed by atoms with Crippen LogP contribution in [0.5, 0.6) is 17.2 Å². The molecule has 0 aliphatic carbocycles. The highest BCUT2D eigenvalue weighted by molar-refractivity contribution is 6.33. The summed E-state index contributed by atoms with van der Waals surface area (Å²) in [5.74, 6) is -0.499. The molecule has 2 N–H and O–H groups in total. The summed E-state index contributed by atoms with van der Waals surface area (Å²) in [5, 5.41) is 31.3. The molecule has 0 fully saturated rings. The number of nitro benzene ring substituents is 1. The van der Waals surface area contributed by atoms with Crippen LogP contribution in [-0.2, 0) is 4.79 Å². The Bertz CT molecular complexity index is 1280. The summed E-state index contributed by atoms with van der Waals surface area (Å²) < 4.78 is 5.11. The summed E-state index contributed by atoms with van der Waals surface area (Å²) in [7, 11) is 1.41. The molecule has 0 spiro atoms. The third-order valence-electron chi connectivity index (χ3n) is 4.81. The first-order valence-electron chi connectivity index (χ1n) is 9.43. The van der Waals surface area contributed by atoms with E-state index in [2.05, 4.69) is 4.99 Å². The summed E-state index contributed by atoms with van der Waals surface area (Å²) in [6.45, 7) is 0. The number of aromatic hydroxyl groups is 2. The number of hydrogen-bond acceptors (Lipinski definition) is 7. The molecular formula is C23H17N3O6. The molecule has 1 amide bonds. The number of nitro groups is 1. The van der Waals surface area contributed by atoms with E-state index in [1.807, 2.05) is 6.07 Å². The highest BCUT2D eigenvalue weighted by Gasteiger charge is 2.34. The molecule has 0 bridgehead atoms. The molecular weight excluding hydrogens is 414 g/mol. The van der Waals surface area contributed by atoms with Gasteiger partial charge in [-0.2, -0.15) is 0 Å². The van der Waals surface area contributed by atoms with Crippen molar-refractivity contribution >= 4 is 29.2 Å². The minimum Gasteiger partial charge on any atom is -0.505 e. The number of ether oxygens (including phenoxy) is 1. The molecule has 9 nitrogen and oxygen atoms in total. The van der Waals surface area contributed by atoms with Crippen molar-refractivity contribution in [1.82, 2.24) is 0 Å². The fraction of sp³-hybridized carbons (Fsp3) is 0.0435. The molecule has 1 heterocycles. The van der Waals surface area contributed by atoms with Gasteiger partial charge in [0.1, 0.15) is 17.3 Å². The van der Waals surface area contributed by atoms with Gasteiger partial charge in [-0.1, -0.05) is 36.4 Å². The maximum Gasteiger partial charge on any atom is 0.282 e. The lowest BCUT2D eigenvalue weighted by molar-refractivity contribution is -0.384. The van der Waals surface area contributed by atoms with Gasteiger partial charge < -0.3 is 14.9 Å². The second kappa shape index (κ2) is 8.23. The molecule has 0 atom stereocenters. The Hall–Kier alpha value is -4.66. The van der Waals surface area contributed by atoms with Gasteiger partial charge in [-0.15, -0.1) is 0 Å². The number of amidine groups is 1. The minimum absolute atomic E-state index is 0.0432. The Labute approximate surface area is 182 Å². The lowest BCUT2D eigenvalue weighted by Gasteiger charge is -2.19. The third kappa shape index (κ3) is 3.74. The number of phenolic OH excluding ortho intramolecular Hbond substituents is 2. The topological polar surface area (TPSA) is 126 Å². The van der Waals surface area contributed by atoms with E-state index in [9.17, 15) is 25.1 Å². The predicted molar refractivity (Wildman–Crippen MR) is 118 cm³/mol. The van der Waals surface area contributed by atoms with Gasteiger partial charge in [0.15, 0.2) is 11.5 Å². The first-order chi connectivity index (χ1) is 15.4. The fourth-order valence-corrected chi connectivity index (χ4v) is 3.28. The van der Waals surface area contributed by atoms with Crippen LogP contribution in [0.1, 0.15) is 11.1 Å². The van der Waals surface area contributed by atoms with Gasteiger partial charge in [0, 0.05) is 11.6 Å². The highest BCUT2D eigenvalue weighted by atomic mass is 16.6. The summed E-state index contributed by atoms with van der Waals surface area (Å²) in [6, 6.07) is 17.0. The van der Waals surface area contributed by atoms with Crippen molar-refractivity contribution in [3.63, 3.8) is 0 Å². The number of methoxy groups -OCH3 is 1. The number of carbonyl (C=O) groups excluding carboxylic acids is 1. The molecule has 0 radical (unpaired) electrons. The fourth-order valence-electron chi connectivity index (χ4n) is 3.28. The summed E-state index contributed by atoms with van der Waals surface area (Å²) in [4.78, 5) is 29.4. The van der Waals surface area contributed by atoms with E-state index in [-0.39, 0.29) is 34.4 Å². The Morgan fingerprint density at radius 2 is 1.78 bits per heavy atom. The summed E-state index contributed by atoms with van der Waals surface area (Å²) >= 11 is 0. The number of non-ortho nitro benzene ring substituents is 1. The molecule has 0 saturated heterocycles. The molecule has 4 rings (SSSR count). The monoisotopic (exact) mass is 431 g/mol. The van der Waals surface area contributed by atoms with Crippen LogP contribution in [-0.4, -0.2) is 34.0 Å². The predicted octanol–water partition coefficient (Wildman–Crippen LogP) is 3.85. The van der Waals surface area contributed by atoms with Crippen LogP contribution < -0.4 is 9.64 Å². The molecule has 160 valence electrons. The summed E-state index contributed by atoms with van der Waals surface area (Å²) in [5.41, 5.74) is 1.02. The molecule has 0 unspecified atom stereocenters. The summed E-state index contributed by atoms with van der Waals surface area (Å²) in [6.07, 6.45) is 1.52. The van der Waals surface area contributed by atoms with Gasteiger partial charge in [0.05, 0.1) is 23.8 Å². The van der Waals surface area contributed by atoms with Gasteiger partial charge in [0.2, 0.25) is 0 Å². The standard InChI is InChI=1S/C23H17N3O6/c1-32-21-12-14(7-10-19(21)27)11-17-23(29)25(22(24-17)15-5-3-2-4-6-15)18-9-8-16(26(30)31)13-20(18)28/h2-13,27-28H,1H3. The number of amides is 1. The first kappa shape index (κ1) is 20.6. The van der Waals surface area contributed by atoms with Crippen molar-refractivity contribution in [2.45, 2.75) is 0 Å². The van der Waals surface area contributed by atoms with Crippen LogP contribution in [0.2, 0.25) is 0 Å². The SMILES string of the molecule is COc1cc(C=C2N=C(c3ccccc3)N(c3ccc([N+](=O)[O-])cc3O)C2=O)ccc1O. The Balaban J connectivity index is 1.83. The van der Waals surface area contributed by atoms with E-state index < -0.39 is 16.6 Å². The quantitative estimate of drug-likeness (QED) is 0.359. The first-order valence-corrected chi connectivity index (χ1v) is 9.43. The Kier molecular flexibility index (Phi) is 5.30. The number of phenols is 2. The van der Waals surface area contributed by atoms with Crippen molar-refractivity contribution in [2.24, 2.45) is 4.99 Å². The van der Waals surface area contributed by atoms with Crippen molar-refractivity contribution < 1.29 is 24.7 Å². The Morgan fingerprint density at radius 1 is 1.03 bits per heavy atom. The van der Waals surface area contributed by atoms with Crippen LogP contribution in [0, 0.1) is 10.1 Å². The van der Waals surface area contributed by atoms with E-state index in [4.69, 9.17) is 4.74 Å². The van der Waals surface area contributed by atoms with E-state index in [0.717, 1.165) is 6.07 Å². The normalized spacial score (nSPS) is 14.5. The second-order valence-electron chi connectivity index (χ2n) is 6.83. The van der Waals surface area contributed by atoms with Gasteiger partial charge in [-0.25, -0.2) is 4.99 Å². The molecule has 1 aliphatic heterocycles. The van der Waals surface area contributed by atoms with Crippen LogP contribution in [0.15, 0.2) is 77.4 Å². The Morgan fingerprint density at radius 3 is 2.44 bits per heavy atom. The van der Waals surface area contributed by atoms with Gasteiger partial charge in [-0.3, -0.25) is 19.8 Å². The average molecular weight is 431 g/mol. The molecule has 9 heteroatoms. The van der Waals surface area contributed by atoms with E-state index in [1.54, 1.807) is 36.4 Å². The molecule has 0 saturated carbocycles. The van der Waals surface area contributed by atoms with Gasteiger partial charge in [-0.05, 0) is 29.8 Å². The second-order valence-corrected chi connectivity index (χ2v) is 6.83. The minimum atomic E-state index is -0.634. The zero-order chi connectivity index (χ0) is 22.8. The lowest BCUT2D eigenvalue weighted by Crippen LogP contribution is -2.32. The van der Waals surface area contributed by atoms with Crippen molar-refractivity contribution in [1.29, 1.82) is 0 Å². The van der Waals surface area contributed by atoms with Crippen LogP contribution in [0.3, 0.4) is 0 Å². The molecule has 1 aliphatic rings. The maximum absolute atomic E-state index is 13.3. The molecule has 3 aromatic carbocycles. The zero-order valence-corrected chi connectivity index (χ0v) is 16.8. The van der Waals surface area contributed by atoms with Crippen molar-refractivity contribution in [3.05, 3.63) is 93.7 Å². The highest BCUT2D eigenvalue weighted by Crippen LogP contribution is 2.36. The van der Waals surface area contributed by atoms with Crippen molar-refractivity contribution in [3.8, 4) is 17.2 Å². The molecule has 32 heavy (non-hydrogen) atoms. The molecule has 3 aromatic rings. The number of aliphatic imine (C=N–C) groups is 1. The van der Waals surface area contributed by atoms with Crippen molar-refractivity contribution in [2.75, 3.05) is 12.0 Å². The molecule has 0 aromatic heterocycles. The number of anilines is 1. The van der Waals surface area contributed by atoms with Crippen LogP contribution in [0.25, 0.3) is 6.08 Å². The number of carbonyl (C=O) groups is 1. The van der Waals surface area contributed by atoms with Gasteiger partial charge >= 0.3 is 0 Å². The maximum atomic E-state index is 13.3. The number of rotatable bonds is 5. The number of benzene rings is 3. The third-order valence-corrected chi connectivity index (χ3v) is 4.81. The van der Waals surface area contributed by atoms with E-state index >= 15 is 0 Å². The van der Waals surface area contributed by atoms with Crippen LogP contribution >= 0.6 is 0 Å². The lowest BCUT2D eigenvalue weighted by atomic mass is 10.1. The average Bonchev–Trinajstić information content (AvgIpc) is 3.11. The number of nitrogens with zero attached hydrogens (tertiary/aromatic N) is 3. The van der Waals surface area contributed by atoms with Gasteiger partial charge in [0.25, 0.3) is 11.6 Å². The smallest absolute Gasteiger partial charge is 0.282 e. The van der Waals surface area contributed by atoms with Crippen LogP contribution in [0.4, 0.5) is 11.4 Å². The largest absolute Gasteiger partial charge is 0.505 e. The number of hydrogen-bond donors (Lipinski definition) is 2. The zero-order valence-electron chi connectivity index (χ0n) is 16.8. The van der Waals surface area contributed by atoms with E-state index in [0.29, 0.717) is 11.1 Å².